The van der Waals surface area contributed by atoms with E-state index in [9.17, 15) is 0 Å². The van der Waals surface area contributed by atoms with Crippen LogP contribution in [0, 0.1) is 12.8 Å². The van der Waals surface area contributed by atoms with Gasteiger partial charge in [0.2, 0.25) is 0 Å². The Kier molecular flexibility index (Phi) is 6.28. The number of nitrogens with one attached hydrogen (secondary N) is 1. The van der Waals surface area contributed by atoms with Gasteiger partial charge in [-0.05, 0) is 30.5 Å². The number of rotatable bonds is 5. The first kappa shape index (κ1) is 17.6. The predicted octanol–water partition coefficient (Wildman–Crippen LogP) is 2.10. The SMILES string of the molecule is CN=C(NCc1ccc(C)cc1N(C)C)N(C)CC1CCOC1. The molecule has 5 heteroatoms. The summed E-state index contributed by atoms with van der Waals surface area (Å²) in [6, 6.07) is 6.57. The van der Waals surface area contributed by atoms with Gasteiger partial charge in [-0.2, -0.15) is 0 Å². The van der Waals surface area contributed by atoms with Crippen molar-refractivity contribution in [2.24, 2.45) is 10.9 Å². The molecule has 128 valence electrons. The van der Waals surface area contributed by atoms with Gasteiger partial charge in [-0.1, -0.05) is 12.1 Å². The predicted molar refractivity (Wildman–Crippen MR) is 97.3 cm³/mol. The van der Waals surface area contributed by atoms with Crippen LogP contribution < -0.4 is 10.2 Å². The zero-order valence-electron chi connectivity index (χ0n) is 15.1. The Bertz CT molecular complexity index is 536. The summed E-state index contributed by atoms with van der Waals surface area (Å²) in [6.07, 6.45) is 1.14. The molecule has 1 aliphatic heterocycles. The Morgan fingerprint density at radius 1 is 1.35 bits per heavy atom. The van der Waals surface area contributed by atoms with Crippen molar-refractivity contribution >= 4 is 11.6 Å². The highest BCUT2D eigenvalue weighted by atomic mass is 16.5. The van der Waals surface area contributed by atoms with Crippen LogP contribution in [0.3, 0.4) is 0 Å². The molecule has 1 aromatic carbocycles. The fraction of sp³-hybridized carbons (Fsp3) is 0.611. The van der Waals surface area contributed by atoms with Crippen LogP contribution in [0.15, 0.2) is 23.2 Å². The van der Waals surface area contributed by atoms with Crippen LogP contribution in [0.2, 0.25) is 0 Å². The molecule has 1 fully saturated rings. The number of anilines is 1. The maximum absolute atomic E-state index is 5.46. The Morgan fingerprint density at radius 2 is 2.13 bits per heavy atom. The van der Waals surface area contributed by atoms with E-state index in [1.807, 2.05) is 7.05 Å². The van der Waals surface area contributed by atoms with Crippen LogP contribution >= 0.6 is 0 Å². The summed E-state index contributed by atoms with van der Waals surface area (Å²) in [7, 11) is 8.10. The average molecular weight is 318 g/mol. The van der Waals surface area contributed by atoms with Gasteiger partial charge in [0, 0.05) is 59.5 Å². The van der Waals surface area contributed by atoms with Gasteiger partial charge in [0.05, 0.1) is 6.61 Å². The van der Waals surface area contributed by atoms with Crippen LogP contribution in [0.4, 0.5) is 5.69 Å². The molecule has 1 N–H and O–H groups in total. The Balaban J connectivity index is 1.97. The largest absolute Gasteiger partial charge is 0.381 e. The number of hydrogen-bond donors (Lipinski definition) is 1. The Morgan fingerprint density at radius 3 is 2.74 bits per heavy atom. The number of benzene rings is 1. The third kappa shape index (κ3) is 4.86. The van der Waals surface area contributed by atoms with Gasteiger partial charge in [0.15, 0.2) is 5.96 Å². The van der Waals surface area contributed by atoms with E-state index >= 15 is 0 Å². The molecular formula is C18H30N4O. The van der Waals surface area contributed by atoms with Crippen LogP contribution in [0.25, 0.3) is 0 Å². The van der Waals surface area contributed by atoms with E-state index in [0.29, 0.717) is 5.92 Å². The van der Waals surface area contributed by atoms with Crippen molar-refractivity contribution in [3.8, 4) is 0 Å². The number of aliphatic imine (C=N–C) groups is 1. The summed E-state index contributed by atoms with van der Waals surface area (Å²) in [6.45, 7) is 5.63. The molecule has 0 aliphatic carbocycles. The minimum Gasteiger partial charge on any atom is -0.381 e. The molecule has 0 radical (unpaired) electrons. The van der Waals surface area contributed by atoms with Crippen molar-refractivity contribution in [3.63, 3.8) is 0 Å². The lowest BCUT2D eigenvalue weighted by atomic mass is 10.1. The number of nitrogens with zero attached hydrogens (tertiary/aromatic N) is 3. The van der Waals surface area contributed by atoms with Crippen molar-refractivity contribution < 1.29 is 4.74 Å². The van der Waals surface area contributed by atoms with Crippen molar-refractivity contribution in [1.29, 1.82) is 0 Å². The van der Waals surface area contributed by atoms with E-state index < -0.39 is 0 Å². The molecule has 0 aromatic heterocycles. The van der Waals surface area contributed by atoms with Crippen LogP contribution in [0.5, 0.6) is 0 Å². The molecule has 0 spiro atoms. The monoisotopic (exact) mass is 318 g/mol. The second kappa shape index (κ2) is 8.20. The van der Waals surface area contributed by atoms with Gasteiger partial charge in [-0.3, -0.25) is 4.99 Å². The number of hydrogen-bond acceptors (Lipinski definition) is 3. The lowest BCUT2D eigenvalue weighted by Crippen LogP contribution is -2.41. The molecule has 0 amide bonds. The third-order valence-corrected chi connectivity index (χ3v) is 4.29. The zero-order chi connectivity index (χ0) is 16.8. The van der Waals surface area contributed by atoms with Crippen molar-refractivity contribution in [1.82, 2.24) is 10.2 Å². The molecule has 5 nitrogen and oxygen atoms in total. The maximum atomic E-state index is 5.46. The Hall–Kier alpha value is -1.75. The van der Waals surface area contributed by atoms with E-state index in [4.69, 9.17) is 4.74 Å². The first-order valence-electron chi connectivity index (χ1n) is 8.27. The first-order chi connectivity index (χ1) is 11.0. The molecule has 1 saturated heterocycles. The van der Waals surface area contributed by atoms with Crippen molar-refractivity contribution in [2.75, 3.05) is 52.8 Å². The van der Waals surface area contributed by atoms with Crippen LogP contribution in [-0.2, 0) is 11.3 Å². The van der Waals surface area contributed by atoms with Gasteiger partial charge in [-0.25, -0.2) is 0 Å². The fourth-order valence-corrected chi connectivity index (χ4v) is 3.00. The maximum Gasteiger partial charge on any atom is 0.193 e. The number of ether oxygens (including phenoxy) is 1. The summed E-state index contributed by atoms with van der Waals surface area (Å²) >= 11 is 0. The molecule has 1 unspecified atom stereocenters. The highest BCUT2D eigenvalue weighted by Gasteiger charge is 2.19. The van der Waals surface area contributed by atoms with Gasteiger partial charge >= 0.3 is 0 Å². The minimum absolute atomic E-state index is 0.607. The zero-order valence-corrected chi connectivity index (χ0v) is 15.1. The molecule has 0 saturated carbocycles. The average Bonchev–Trinajstić information content (AvgIpc) is 3.01. The number of aryl methyl sites for hydroxylation is 1. The highest BCUT2D eigenvalue weighted by Crippen LogP contribution is 2.20. The van der Waals surface area contributed by atoms with Crippen molar-refractivity contribution in [3.05, 3.63) is 29.3 Å². The minimum atomic E-state index is 0.607. The van der Waals surface area contributed by atoms with E-state index in [-0.39, 0.29) is 0 Å². The summed E-state index contributed by atoms with van der Waals surface area (Å²) in [5.41, 5.74) is 3.80. The van der Waals surface area contributed by atoms with E-state index in [0.717, 1.165) is 38.7 Å². The van der Waals surface area contributed by atoms with Crippen molar-refractivity contribution in [2.45, 2.75) is 19.9 Å². The number of guanidine groups is 1. The quantitative estimate of drug-likeness (QED) is 0.667. The first-order valence-corrected chi connectivity index (χ1v) is 8.27. The standard InChI is InChI=1S/C18H30N4O/c1-14-6-7-16(17(10-14)21(3)4)11-20-18(19-2)22(5)12-15-8-9-23-13-15/h6-7,10,15H,8-9,11-13H2,1-5H3,(H,19,20). The molecule has 1 atom stereocenters. The van der Waals surface area contributed by atoms with Gasteiger partial charge in [0.1, 0.15) is 0 Å². The van der Waals surface area contributed by atoms with E-state index in [1.54, 1.807) is 0 Å². The van der Waals surface area contributed by atoms with E-state index in [2.05, 4.69) is 66.4 Å². The summed E-state index contributed by atoms with van der Waals surface area (Å²) in [5.74, 6) is 1.54. The Labute approximate surface area is 140 Å². The third-order valence-electron chi connectivity index (χ3n) is 4.29. The lowest BCUT2D eigenvalue weighted by Gasteiger charge is -2.25. The van der Waals surface area contributed by atoms with Crippen LogP contribution in [-0.4, -0.2) is 58.8 Å². The smallest absolute Gasteiger partial charge is 0.193 e. The molecular weight excluding hydrogens is 288 g/mol. The second-order valence-electron chi connectivity index (χ2n) is 6.54. The second-order valence-corrected chi connectivity index (χ2v) is 6.54. The molecule has 2 rings (SSSR count). The summed E-state index contributed by atoms with van der Waals surface area (Å²) in [5, 5.41) is 3.48. The highest BCUT2D eigenvalue weighted by molar-refractivity contribution is 5.79. The molecule has 1 aromatic rings. The van der Waals surface area contributed by atoms with Gasteiger partial charge in [0.25, 0.3) is 0 Å². The normalized spacial score (nSPS) is 18.1. The molecule has 23 heavy (non-hydrogen) atoms. The summed E-state index contributed by atoms with van der Waals surface area (Å²) in [4.78, 5) is 8.77. The van der Waals surface area contributed by atoms with Crippen LogP contribution in [0.1, 0.15) is 17.5 Å². The molecule has 0 bridgehead atoms. The molecule has 1 aliphatic rings. The molecule has 1 heterocycles. The van der Waals surface area contributed by atoms with Gasteiger partial charge < -0.3 is 19.9 Å². The van der Waals surface area contributed by atoms with Gasteiger partial charge in [-0.15, -0.1) is 0 Å². The van der Waals surface area contributed by atoms with E-state index in [1.165, 1.54) is 16.8 Å². The fourth-order valence-electron chi connectivity index (χ4n) is 3.00. The topological polar surface area (TPSA) is 40.1 Å². The lowest BCUT2D eigenvalue weighted by molar-refractivity contribution is 0.181. The summed E-state index contributed by atoms with van der Waals surface area (Å²) < 4.78 is 5.46.